The van der Waals surface area contributed by atoms with Crippen LogP contribution in [0.15, 0.2) is 29.3 Å². The van der Waals surface area contributed by atoms with E-state index in [4.69, 9.17) is 5.73 Å². The molecule has 0 saturated carbocycles. The number of likely N-dealkylation sites (tertiary alicyclic amines) is 1. The molecule has 0 aliphatic carbocycles. The summed E-state index contributed by atoms with van der Waals surface area (Å²) in [6, 6.07) is 6.76. The van der Waals surface area contributed by atoms with Gasteiger partial charge in [0, 0.05) is 19.6 Å². The van der Waals surface area contributed by atoms with Crippen LogP contribution < -0.4 is 5.73 Å². The van der Waals surface area contributed by atoms with Crippen molar-refractivity contribution < 1.29 is 4.39 Å². The maximum Gasteiger partial charge on any atom is 0.191 e. The van der Waals surface area contributed by atoms with Gasteiger partial charge in [-0.25, -0.2) is 4.39 Å². The zero-order chi connectivity index (χ0) is 14.2. The first-order valence-corrected chi connectivity index (χ1v) is 7.55. The van der Waals surface area contributed by atoms with Crippen molar-refractivity contribution in [2.24, 2.45) is 10.7 Å². The van der Waals surface area contributed by atoms with Crippen molar-refractivity contribution in [2.45, 2.75) is 38.5 Å². The molecule has 3 nitrogen and oxygen atoms in total. The molecule has 0 atom stereocenters. The lowest BCUT2D eigenvalue weighted by Crippen LogP contribution is -2.38. The second-order valence-electron chi connectivity index (χ2n) is 5.37. The molecule has 0 radical (unpaired) electrons. The number of guanidine groups is 1. The van der Waals surface area contributed by atoms with E-state index in [-0.39, 0.29) is 5.82 Å². The zero-order valence-electron chi connectivity index (χ0n) is 12.0. The van der Waals surface area contributed by atoms with Gasteiger partial charge in [0.15, 0.2) is 5.96 Å². The largest absolute Gasteiger partial charge is 0.370 e. The van der Waals surface area contributed by atoms with Crippen molar-refractivity contribution in [3.8, 4) is 0 Å². The molecular weight excluding hydrogens is 253 g/mol. The first-order chi connectivity index (χ1) is 9.75. The Morgan fingerprint density at radius 1 is 1.20 bits per heavy atom. The Morgan fingerprint density at radius 3 is 2.65 bits per heavy atom. The van der Waals surface area contributed by atoms with Gasteiger partial charge in [-0.2, -0.15) is 0 Å². The lowest BCUT2D eigenvalue weighted by molar-refractivity contribution is 0.428. The molecular formula is C16H24FN3. The monoisotopic (exact) mass is 277 g/mol. The lowest BCUT2D eigenvalue weighted by atomic mass is 10.1. The molecule has 2 N–H and O–H groups in total. The van der Waals surface area contributed by atoms with Gasteiger partial charge in [0.05, 0.1) is 0 Å². The average molecular weight is 277 g/mol. The number of benzene rings is 1. The minimum atomic E-state index is -0.171. The molecule has 0 unspecified atom stereocenters. The van der Waals surface area contributed by atoms with E-state index >= 15 is 0 Å². The molecule has 0 bridgehead atoms. The van der Waals surface area contributed by atoms with Crippen LogP contribution >= 0.6 is 0 Å². The third-order valence-electron chi connectivity index (χ3n) is 3.72. The van der Waals surface area contributed by atoms with Crippen LogP contribution in [0.5, 0.6) is 0 Å². The average Bonchev–Trinajstić information content (AvgIpc) is 2.72. The summed E-state index contributed by atoms with van der Waals surface area (Å²) >= 11 is 0. The zero-order valence-corrected chi connectivity index (χ0v) is 12.0. The first kappa shape index (κ1) is 14.8. The quantitative estimate of drug-likeness (QED) is 0.522. The van der Waals surface area contributed by atoms with Gasteiger partial charge in [-0.1, -0.05) is 25.0 Å². The summed E-state index contributed by atoms with van der Waals surface area (Å²) in [6.07, 6.45) is 6.75. The summed E-state index contributed by atoms with van der Waals surface area (Å²) in [6.45, 7) is 2.76. The predicted octanol–water partition coefficient (Wildman–Crippen LogP) is 2.95. The number of nitrogens with zero attached hydrogens (tertiary/aromatic N) is 2. The maximum absolute atomic E-state index is 13.0. The molecule has 0 amide bonds. The van der Waals surface area contributed by atoms with Crippen molar-refractivity contribution >= 4 is 5.96 Å². The van der Waals surface area contributed by atoms with Gasteiger partial charge < -0.3 is 10.6 Å². The highest BCUT2D eigenvalue weighted by Crippen LogP contribution is 2.09. The highest BCUT2D eigenvalue weighted by molar-refractivity contribution is 5.78. The van der Waals surface area contributed by atoms with Crippen LogP contribution in [-0.2, 0) is 6.42 Å². The molecule has 4 heteroatoms. The van der Waals surface area contributed by atoms with Crippen LogP contribution in [0.4, 0.5) is 4.39 Å². The van der Waals surface area contributed by atoms with Gasteiger partial charge in [-0.05, 0) is 43.4 Å². The van der Waals surface area contributed by atoms with Crippen molar-refractivity contribution in [3.63, 3.8) is 0 Å². The first-order valence-electron chi connectivity index (χ1n) is 7.55. The second-order valence-corrected chi connectivity index (χ2v) is 5.37. The standard InChI is InChI=1S/C16H24FN3/c17-15-9-5-7-14(13-15)8-6-10-19-16(18)20-11-3-1-2-4-12-20/h5,7,9,13H,1-4,6,8,10-12H2,(H2,18,19). The summed E-state index contributed by atoms with van der Waals surface area (Å²) in [4.78, 5) is 6.64. The third kappa shape index (κ3) is 4.83. The summed E-state index contributed by atoms with van der Waals surface area (Å²) in [5, 5.41) is 0. The van der Waals surface area contributed by atoms with E-state index in [1.54, 1.807) is 12.1 Å². The summed E-state index contributed by atoms with van der Waals surface area (Å²) < 4.78 is 13.0. The Balaban J connectivity index is 1.74. The fourth-order valence-electron chi connectivity index (χ4n) is 2.57. The van der Waals surface area contributed by atoms with Gasteiger partial charge >= 0.3 is 0 Å². The second kappa shape index (κ2) is 7.88. The van der Waals surface area contributed by atoms with E-state index < -0.39 is 0 Å². The van der Waals surface area contributed by atoms with E-state index in [1.165, 1.54) is 31.7 Å². The highest BCUT2D eigenvalue weighted by atomic mass is 19.1. The number of hydrogen-bond donors (Lipinski definition) is 1. The van der Waals surface area contributed by atoms with E-state index in [0.29, 0.717) is 12.5 Å². The summed E-state index contributed by atoms with van der Waals surface area (Å²) in [5.41, 5.74) is 7.06. The Morgan fingerprint density at radius 2 is 1.95 bits per heavy atom. The van der Waals surface area contributed by atoms with Crippen molar-refractivity contribution in [3.05, 3.63) is 35.6 Å². The topological polar surface area (TPSA) is 41.6 Å². The Kier molecular flexibility index (Phi) is 5.84. The Labute approximate surface area is 120 Å². The van der Waals surface area contributed by atoms with Crippen LogP contribution in [0.1, 0.15) is 37.7 Å². The smallest absolute Gasteiger partial charge is 0.191 e. The van der Waals surface area contributed by atoms with Gasteiger partial charge in [-0.3, -0.25) is 4.99 Å². The molecule has 20 heavy (non-hydrogen) atoms. The van der Waals surface area contributed by atoms with Crippen LogP contribution in [0.2, 0.25) is 0 Å². The third-order valence-corrected chi connectivity index (χ3v) is 3.72. The SMILES string of the molecule is NC(=NCCCc1cccc(F)c1)N1CCCCCC1. The summed E-state index contributed by atoms with van der Waals surface area (Å²) in [7, 11) is 0. The number of hydrogen-bond acceptors (Lipinski definition) is 1. The highest BCUT2D eigenvalue weighted by Gasteiger charge is 2.10. The molecule has 1 aromatic carbocycles. The molecule has 0 spiro atoms. The number of aryl methyl sites for hydroxylation is 1. The summed E-state index contributed by atoms with van der Waals surface area (Å²) in [5.74, 6) is 0.501. The number of aliphatic imine (C=N–C) groups is 1. The van der Waals surface area contributed by atoms with Gasteiger partial charge in [-0.15, -0.1) is 0 Å². The van der Waals surface area contributed by atoms with Crippen LogP contribution in [0.25, 0.3) is 0 Å². The molecule has 1 heterocycles. The lowest BCUT2D eigenvalue weighted by Gasteiger charge is -2.21. The molecule has 1 fully saturated rings. The fourth-order valence-corrected chi connectivity index (χ4v) is 2.57. The molecule has 1 aliphatic heterocycles. The minimum Gasteiger partial charge on any atom is -0.370 e. The van der Waals surface area contributed by atoms with E-state index in [9.17, 15) is 4.39 Å². The normalized spacial score (nSPS) is 17.1. The van der Waals surface area contributed by atoms with E-state index in [2.05, 4.69) is 9.89 Å². The van der Waals surface area contributed by atoms with Crippen molar-refractivity contribution in [1.29, 1.82) is 0 Å². The molecule has 1 aliphatic rings. The molecule has 1 saturated heterocycles. The molecule has 1 aromatic rings. The number of rotatable bonds is 4. The number of nitrogens with two attached hydrogens (primary N) is 1. The Hall–Kier alpha value is -1.58. The fraction of sp³-hybridized carbons (Fsp3) is 0.562. The predicted molar refractivity (Wildman–Crippen MR) is 81.3 cm³/mol. The molecule has 0 aromatic heterocycles. The van der Waals surface area contributed by atoms with E-state index in [1.807, 2.05) is 6.07 Å². The van der Waals surface area contributed by atoms with Gasteiger partial charge in [0.25, 0.3) is 0 Å². The maximum atomic E-state index is 13.0. The molecule has 2 rings (SSSR count). The molecule has 110 valence electrons. The van der Waals surface area contributed by atoms with Gasteiger partial charge in [0.2, 0.25) is 0 Å². The van der Waals surface area contributed by atoms with Crippen molar-refractivity contribution in [2.75, 3.05) is 19.6 Å². The number of halogens is 1. The Bertz CT molecular complexity index is 437. The van der Waals surface area contributed by atoms with E-state index in [0.717, 1.165) is 31.5 Å². The van der Waals surface area contributed by atoms with Crippen LogP contribution in [0.3, 0.4) is 0 Å². The van der Waals surface area contributed by atoms with Crippen LogP contribution in [0, 0.1) is 5.82 Å². The van der Waals surface area contributed by atoms with Gasteiger partial charge in [0.1, 0.15) is 5.82 Å². The van der Waals surface area contributed by atoms with Crippen LogP contribution in [-0.4, -0.2) is 30.5 Å². The minimum absolute atomic E-state index is 0.171. The van der Waals surface area contributed by atoms with Crippen molar-refractivity contribution in [1.82, 2.24) is 4.90 Å².